The smallest absolute Gasteiger partial charge is 0.308 e. The first kappa shape index (κ1) is 15.5. The monoisotopic (exact) mass is 293 g/mol. The summed E-state index contributed by atoms with van der Waals surface area (Å²) in [7, 11) is 0. The minimum Gasteiger partial charge on any atom is -0.481 e. The van der Waals surface area contributed by atoms with Crippen LogP contribution in [0.15, 0.2) is 24.3 Å². The summed E-state index contributed by atoms with van der Waals surface area (Å²) in [6, 6.07) is 5.54. The number of benzene rings is 1. The molecule has 21 heavy (non-hydrogen) atoms. The molecule has 1 fully saturated rings. The Bertz CT molecular complexity index is 553. The molecule has 1 N–H and O–H groups in total. The van der Waals surface area contributed by atoms with Crippen molar-refractivity contribution in [1.29, 1.82) is 0 Å². The molecule has 0 spiro atoms. The molecule has 114 valence electrons. The van der Waals surface area contributed by atoms with Gasteiger partial charge in [-0.15, -0.1) is 0 Å². The van der Waals surface area contributed by atoms with Crippen LogP contribution in [-0.2, 0) is 15.0 Å². The lowest BCUT2D eigenvalue weighted by molar-refractivity contribution is -0.143. The van der Waals surface area contributed by atoms with Crippen molar-refractivity contribution in [3.8, 4) is 0 Å². The van der Waals surface area contributed by atoms with Gasteiger partial charge in [0.05, 0.1) is 11.3 Å². The van der Waals surface area contributed by atoms with Crippen LogP contribution >= 0.6 is 0 Å². The standard InChI is InChI=1S/C16H20FNO3/c1-10-13(14(19)20)8-9-18(10)15(21)16(2,3)11-4-6-12(17)7-5-11/h4-7,10,13H,8-9H2,1-3H3,(H,19,20). The number of hydrogen-bond acceptors (Lipinski definition) is 2. The first-order chi connectivity index (χ1) is 9.75. The molecule has 1 aliphatic rings. The Morgan fingerprint density at radius 3 is 2.33 bits per heavy atom. The molecule has 0 aromatic heterocycles. The lowest BCUT2D eigenvalue weighted by atomic mass is 9.83. The molecule has 1 aromatic carbocycles. The van der Waals surface area contributed by atoms with E-state index in [1.807, 2.05) is 0 Å². The lowest BCUT2D eigenvalue weighted by Crippen LogP contribution is -2.46. The van der Waals surface area contributed by atoms with Gasteiger partial charge in [0.25, 0.3) is 0 Å². The van der Waals surface area contributed by atoms with E-state index < -0.39 is 17.3 Å². The summed E-state index contributed by atoms with van der Waals surface area (Å²) in [5.74, 6) is -1.84. The van der Waals surface area contributed by atoms with Gasteiger partial charge in [-0.05, 0) is 44.9 Å². The molecule has 1 aliphatic heterocycles. The van der Waals surface area contributed by atoms with Gasteiger partial charge in [0.2, 0.25) is 5.91 Å². The fraction of sp³-hybridized carbons (Fsp3) is 0.500. The van der Waals surface area contributed by atoms with Crippen LogP contribution < -0.4 is 0 Å². The number of aliphatic carboxylic acids is 1. The second-order valence-corrected chi connectivity index (χ2v) is 6.10. The molecule has 1 aromatic rings. The van der Waals surface area contributed by atoms with E-state index in [9.17, 15) is 14.0 Å². The number of carboxylic acid groups (broad SMARTS) is 1. The van der Waals surface area contributed by atoms with Crippen molar-refractivity contribution in [3.63, 3.8) is 0 Å². The van der Waals surface area contributed by atoms with Gasteiger partial charge in [-0.2, -0.15) is 0 Å². The van der Waals surface area contributed by atoms with Gasteiger partial charge in [0.1, 0.15) is 5.82 Å². The van der Waals surface area contributed by atoms with Gasteiger partial charge < -0.3 is 10.0 Å². The molecule has 0 saturated carbocycles. The molecule has 1 amide bonds. The predicted molar refractivity (Wildman–Crippen MR) is 76.3 cm³/mol. The fourth-order valence-electron chi connectivity index (χ4n) is 2.91. The van der Waals surface area contributed by atoms with Gasteiger partial charge in [0.15, 0.2) is 0 Å². The summed E-state index contributed by atoms with van der Waals surface area (Å²) in [6.45, 7) is 5.78. The van der Waals surface area contributed by atoms with Crippen molar-refractivity contribution in [3.05, 3.63) is 35.6 Å². The molecule has 4 nitrogen and oxygen atoms in total. The quantitative estimate of drug-likeness (QED) is 0.931. The van der Waals surface area contributed by atoms with Crippen LogP contribution in [-0.4, -0.2) is 34.5 Å². The fourth-order valence-corrected chi connectivity index (χ4v) is 2.91. The number of carbonyl (C=O) groups is 2. The van der Waals surface area contributed by atoms with Gasteiger partial charge in [0, 0.05) is 12.6 Å². The highest BCUT2D eigenvalue weighted by Gasteiger charge is 2.43. The molecule has 2 rings (SSSR count). The van der Waals surface area contributed by atoms with Gasteiger partial charge in [-0.1, -0.05) is 12.1 Å². The third kappa shape index (κ3) is 2.77. The summed E-state index contributed by atoms with van der Waals surface area (Å²) in [5, 5.41) is 9.15. The summed E-state index contributed by atoms with van der Waals surface area (Å²) < 4.78 is 13.0. The second kappa shape index (κ2) is 5.47. The van der Waals surface area contributed by atoms with E-state index in [4.69, 9.17) is 5.11 Å². The van der Waals surface area contributed by atoms with Crippen molar-refractivity contribution in [2.75, 3.05) is 6.54 Å². The molecule has 0 aliphatic carbocycles. The first-order valence-electron chi connectivity index (χ1n) is 7.05. The summed E-state index contributed by atoms with van der Waals surface area (Å²) in [5.41, 5.74) is -0.0881. The molecule has 2 unspecified atom stereocenters. The molecule has 5 heteroatoms. The van der Waals surface area contributed by atoms with Crippen LogP contribution in [0.1, 0.15) is 32.8 Å². The number of carbonyl (C=O) groups excluding carboxylic acids is 1. The number of amides is 1. The van der Waals surface area contributed by atoms with E-state index in [0.717, 1.165) is 5.56 Å². The topological polar surface area (TPSA) is 57.6 Å². The minimum absolute atomic E-state index is 0.120. The molecule has 1 heterocycles. The zero-order chi connectivity index (χ0) is 15.8. The van der Waals surface area contributed by atoms with Crippen molar-refractivity contribution < 1.29 is 19.1 Å². The molecular formula is C16H20FNO3. The summed E-state index contributed by atoms with van der Waals surface area (Å²) in [4.78, 5) is 25.6. The second-order valence-electron chi connectivity index (χ2n) is 6.10. The Morgan fingerprint density at radius 1 is 1.29 bits per heavy atom. The number of likely N-dealkylation sites (tertiary alicyclic amines) is 1. The third-order valence-corrected chi connectivity index (χ3v) is 4.43. The highest BCUT2D eigenvalue weighted by Crippen LogP contribution is 2.32. The van der Waals surface area contributed by atoms with Crippen LogP contribution in [0, 0.1) is 11.7 Å². The zero-order valence-electron chi connectivity index (χ0n) is 12.5. The van der Waals surface area contributed by atoms with E-state index in [1.54, 1.807) is 37.8 Å². The molecular weight excluding hydrogens is 273 g/mol. The Hall–Kier alpha value is -1.91. The highest BCUT2D eigenvalue weighted by molar-refractivity contribution is 5.88. The highest BCUT2D eigenvalue weighted by atomic mass is 19.1. The van der Waals surface area contributed by atoms with E-state index in [0.29, 0.717) is 13.0 Å². The number of rotatable bonds is 3. The van der Waals surface area contributed by atoms with E-state index in [2.05, 4.69) is 0 Å². The number of halogens is 1. The number of nitrogens with zero attached hydrogens (tertiary/aromatic N) is 1. The number of hydrogen-bond donors (Lipinski definition) is 1. The Morgan fingerprint density at radius 2 is 1.86 bits per heavy atom. The molecule has 2 atom stereocenters. The minimum atomic E-state index is -0.864. The van der Waals surface area contributed by atoms with Crippen LogP contribution in [0.2, 0.25) is 0 Å². The van der Waals surface area contributed by atoms with Gasteiger partial charge >= 0.3 is 5.97 Å². The molecule has 0 radical (unpaired) electrons. The van der Waals surface area contributed by atoms with E-state index >= 15 is 0 Å². The molecule has 1 saturated heterocycles. The Balaban J connectivity index is 2.23. The van der Waals surface area contributed by atoms with Crippen molar-refractivity contribution in [1.82, 2.24) is 4.90 Å². The normalized spacial score (nSPS) is 22.4. The Kier molecular flexibility index (Phi) is 4.03. The average Bonchev–Trinajstić information content (AvgIpc) is 2.80. The molecule has 0 bridgehead atoms. The van der Waals surface area contributed by atoms with E-state index in [1.165, 1.54) is 12.1 Å². The third-order valence-electron chi connectivity index (χ3n) is 4.43. The largest absolute Gasteiger partial charge is 0.481 e. The van der Waals surface area contributed by atoms with Crippen LogP contribution in [0.25, 0.3) is 0 Å². The maximum Gasteiger partial charge on any atom is 0.308 e. The van der Waals surface area contributed by atoms with Gasteiger partial charge in [-0.3, -0.25) is 9.59 Å². The Labute approximate surface area is 123 Å². The zero-order valence-corrected chi connectivity index (χ0v) is 12.5. The SMILES string of the molecule is CC1C(C(=O)O)CCN1C(=O)C(C)(C)c1ccc(F)cc1. The average molecular weight is 293 g/mol. The maximum atomic E-state index is 13.0. The van der Waals surface area contributed by atoms with Crippen LogP contribution in [0.4, 0.5) is 4.39 Å². The van der Waals surface area contributed by atoms with Crippen molar-refractivity contribution in [2.45, 2.75) is 38.6 Å². The maximum absolute atomic E-state index is 13.0. The number of carboxylic acids is 1. The predicted octanol–water partition coefficient (Wildman–Crippen LogP) is 2.42. The van der Waals surface area contributed by atoms with Crippen molar-refractivity contribution >= 4 is 11.9 Å². The first-order valence-corrected chi connectivity index (χ1v) is 7.05. The van der Waals surface area contributed by atoms with Crippen LogP contribution in [0.5, 0.6) is 0 Å². The van der Waals surface area contributed by atoms with E-state index in [-0.39, 0.29) is 17.8 Å². The summed E-state index contributed by atoms with van der Waals surface area (Å²) >= 11 is 0. The summed E-state index contributed by atoms with van der Waals surface area (Å²) in [6.07, 6.45) is 0.474. The van der Waals surface area contributed by atoms with Gasteiger partial charge in [-0.25, -0.2) is 4.39 Å². The lowest BCUT2D eigenvalue weighted by Gasteiger charge is -2.33. The van der Waals surface area contributed by atoms with Crippen molar-refractivity contribution in [2.24, 2.45) is 5.92 Å². The van der Waals surface area contributed by atoms with Crippen LogP contribution in [0.3, 0.4) is 0 Å².